The Bertz CT molecular complexity index is 422. The molecule has 1 aromatic carbocycles. The second-order valence-electron chi connectivity index (χ2n) is 5.87. The number of aliphatic hydroxyl groups is 1. The van der Waals surface area contributed by atoms with Crippen molar-refractivity contribution in [3.63, 3.8) is 0 Å². The van der Waals surface area contributed by atoms with Crippen LogP contribution in [0.15, 0.2) is 30.3 Å². The summed E-state index contributed by atoms with van der Waals surface area (Å²) >= 11 is 0. The van der Waals surface area contributed by atoms with Gasteiger partial charge in [0.05, 0.1) is 5.60 Å². The maximum absolute atomic E-state index is 12.2. The van der Waals surface area contributed by atoms with Gasteiger partial charge in [0.2, 0.25) is 5.91 Å². The third kappa shape index (κ3) is 3.10. The molecule has 0 heterocycles. The molecule has 2 rings (SSSR count). The fourth-order valence-electron chi connectivity index (χ4n) is 2.48. The van der Waals surface area contributed by atoms with Crippen molar-refractivity contribution in [1.29, 1.82) is 0 Å². The van der Waals surface area contributed by atoms with Gasteiger partial charge in [-0.1, -0.05) is 30.3 Å². The SMILES string of the molecule is CN(CC(C)(C)O)C(=O)C1CC1c1ccccc1. The molecule has 98 valence electrons. The smallest absolute Gasteiger partial charge is 0.226 e. The predicted molar refractivity (Wildman–Crippen MR) is 71.2 cm³/mol. The number of amides is 1. The molecule has 1 aromatic rings. The highest BCUT2D eigenvalue weighted by molar-refractivity contribution is 5.82. The van der Waals surface area contributed by atoms with Gasteiger partial charge in [0.25, 0.3) is 0 Å². The lowest BCUT2D eigenvalue weighted by atomic mass is 10.1. The first-order valence-corrected chi connectivity index (χ1v) is 6.41. The molecular formula is C15H21NO2. The fraction of sp³-hybridized carbons (Fsp3) is 0.533. The van der Waals surface area contributed by atoms with E-state index in [1.54, 1.807) is 25.8 Å². The van der Waals surface area contributed by atoms with Gasteiger partial charge in [-0.2, -0.15) is 0 Å². The summed E-state index contributed by atoms with van der Waals surface area (Å²) in [6, 6.07) is 10.2. The van der Waals surface area contributed by atoms with Crippen molar-refractivity contribution in [2.24, 2.45) is 5.92 Å². The van der Waals surface area contributed by atoms with Gasteiger partial charge in [-0.3, -0.25) is 4.79 Å². The largest absolute Gasteiger partial charge is 0.389 e. The molecule has 0 radical (unpaired) electrons. The minimum atomic E-state index is -0.832. The minimum Gasteiger partial charge on any atom is -0.389 e. The van der Waals surface area contributed by atoms with Crippen LogP contribution in [0.2, 0.25) is 0 Å². The number of hydrogen-bond donors (Lipinski definition) is 1. The van der Waals surface area contributed by atoms with Crippen LogP contribution in [0.4, 0.5) is 0 Å². The van der Waals surface area contributed by atoms with Crippen molar-refractivity contribution >= 4 is 5.91 Å². The summed E-state index contributed by atoms with van der Waals surface area (Å²) in [6.07, 6.45) is 0.930. The van der Waals surface area contributed by atoms with Crippen molar-refractivity contribution in [3.8, 4) is 0 Å². The summed E-state index contributed by atoms with van der Waals surface area (Å²) in [4.78, 5) is 13.8. The Morgan fingerprint density at radius 1 is 1.39 bits per heavy atom. The molecule has 0 saturated heterocycles. The molecule has 1 aliphatic carbocycles. The number of benzene rings is 1. The Kier molecular flexibility index (Phi) is 3.44. The standard InChI is InChI=1S/C15H21NO2/c1-15(2,18)10-16(3)14(17)13-9-12(13)11-7-5-4-6-8-11/h4-8,12-13,18H,9-10H2,1-3H3. The molecule has 1 fully saturated rings. The minimum absolute atomic E-state index is 0.0970. The first-order chi connectivity index (χ1) is 8.38. The van der Waals surface area contributed by atoms with E-state index in [4.69, 9.17) is 0 Å². The highest BCUT2D eigenvalue weighted by atomic mass is 16.3. The zero-order chi connectivity index (χ0) is 13.3. The van der Waals surface area contributed by atoms with E-state index in [-0.39, 0.29) is 11.8 Å². The van der Waals surface area contributed by atoms with E-state index >= 15 is 0 Å². The molecule has 1 N–H and O–H groups in total. The van der Waals surface area contributed by atoms with Crippen molar-refractivity contribution in [2.45, 2.75) is 31.8 Å². The Labute approximate surface area is 108 Å². The lowest BCUT2D eigenvalue weighted by Gasteiger charge is -2.25. The quantitative estimate of drug-likeness (QED) is 0.884. The van der Waals surface area contributed by atoms with Crippen LogP contribution in [0.3, 0.4) is 0 Å². The first-order valence-electron chi connectivity index (χ1n) is 6.41. The van der Waals surface area contributed by atoms with E-state index < -0.39 is 5.60 Å². The lowest BCUT2D eigenvalue weighted by molar-refractivity contribution is -0.134. The molecule has 0 bridgehead atoms. The number of likely N-dealkylation sites (N-methyl/N-ethyl adjacent to an activating group) is 1. The summed E-state index contributed by atoms with van der Waals surface area (Å²) in [6.45, 7) is 3.82. The monoisotopic (exact) mass is 247 g/mol. The van der Waals surface area contributed by atoms with E-state index in [1.807, 2.05) is 18.2 Å². The summed E-state index contributed by atoms with van der Waals surface area (Å²) in [5.41, 5.74) is 0.411. The van der Waals surface area contributed by atoms with Gasteiger partial charge in [0, 0.05) is 19.5 Å². The summed E-state index contributed by atoms with van der Waals surface area (Å²) in [5.74, 6) is 0.605. The van der Waals surface area contributed by atoms with Crippen LogP contribution >= 0.6 is 0 Å². The van der Waals surface area contributed by atoms with Crippen LogP contribution in [0.5, 0.6) is 0 Å². The Morgan fingerprint density at radius 2 is 2.00 bits per heavy atom. The van der Waals surface area contributed by atoms with Gasteiger partial charge >= 0.3 is 0 Å². The number of nitrogens with zero attached hydrogens (tertiary/aromatic N) is 1. The van der Waals surface area contributed by atoms with Crippen LogP contribution in [0.1, 0.15) is 31.7 Å². The Morgan fingerprint density at radius 3 is 2.56 bits per heavy atom. The topological polar surface area (TPSA) is 40.5 Å². The number of hydrogen-bond acceptors (Lipinski definition) is 2. The molecule has 18 heavy (non-hydrogen) atoms. The maximum Gasteiger partial charge on any atom is 0.226 e. The van der Waals surface area contributed by atoms with E-state index in [0.717, 1.165) is 6.42 Å². The van der Waals surface area contributed by atoms with Gasteiger partial charge in [-0.25, -0.2) is 0 Å². The number of carbonyl (C=O) groups excluding carboxylic acids is 1. The van der Waals surface area contributed by atoms with Crippen LogP contribution in [-0.4, -0.2) is 35.1 Å². The zero-order valence-electron chi connectivity index (χ0n) is 11.3. The van der Waals surface area contributed by atoms with Crippen molar-refractivity contribution in [2.75, 3.05) is 13.6 Å². The van der Waals surface area contributed by atoms with Crippen LogP contribution in [0, 0.1) is 5.92 Å². The van der Waals surface area contributed by atoms with Crippen molar-refractivity contribution in [1.82, 2.24) is 4.90 Å². The second-order valence-corrected chi connectivity index (χ2v) is 5.87. The Hall–Kier alpha value is -1.35. The van der Waals surface area contributed by atoms with E-state index in [9.17, 15) is 9.90 Å². The molecule has 3 nitrogen and oxygen atoms in total. The van der Waals surface area contributed by atoms with Gasteiger partial charge in [0.1, 0.15) is 0 Å². The van der Waals surface area contributed by atoms with E-state index in [1.165, 1.54) is 5.56 Å². The molecular weight excluding hydrogens is 226 g/mol. The van der Waals surface area contributed by atoms with Crippen molar-refractivity contribution in [3.05, 3.63) is 35.9 Å². The molecule has 0 spiro atoms. The maximum atomic E-state index is 12.2. The summed E-state index contributed by atoms with van der Waals surface area (Å²) in [5, 5.41) is 9.73. The average molecular weight is 247 g/mol. The van der Waals surface area contributed by atoms with Gasteiger partial charge in [-0.05, 0) is 31.7 Å². The lowest BCUT2D eigenvalue weighted by Crippen LogP contribution is -2.40. The predicted octanol–water partition coefficient (Wildman–Crippen LogP) is 2.02. The number of rotatable bonds is 4. The van der Waals surface area contributed by atoms with Gasteiger partial charge < -0.3 is 10.0 Å². The third-order valence-corrected chi connectivity index (χ3v) is 3.34. The molecule has 0 aromatic heterocycles. The van der Waals surface area contributed by atoms with Crippen molar-refractivity contribution < 1.29 is 9.90 Å². The zero-order valence-corrected chi connectivity index (χ0v) is 11.3. The van der Waals surface area contributed by atoms with Gasteiger partial charge in [-0.15, -0.1) is 0 Å². The summed E-state index contributed by atoms with van der Waals surface area (Å²) in [7, 11) is 1.76. The second kappa shape index (κ2) is 4.73. The molecule has 1 amide bonds. The third-order valence-electron chi connectivity index (χ3n) is 3.34. The average Bonchev–Trinajstić information content (AvgIpc) is 3.07. The van der Waals surface area contributed by atoms with Crippen LogP contribution in [0.25, 0.3) is 0 Å². The van der Waals surface area contributed by atoms with Crippen LogP contribution in [-0.2, 0) is 4.79 Å². The molecule has 1 aliphatic rings. The molecule has 0 aliphatic heterocycles. The molecule has 1 saturated carbocycles. The molecule has 3 heteroatoms. The summed E-state index contributed by atoms with van der Waals surface area (Å²) < 4.78 is 0. The highest BCUT2D eigenvalue weighted by Crippen LogP contribution is 2.48. The fourth-order valence-corrected chi connectivity index (χ4v) is 2.48. The molecule has 2 atom stereocenters. The number of carbonyl (C=O) groups is 1. The van der Waals surface area contributed by atoms with E-state index in [2.05, 4.69) is 12.1 Å². The van der Waals surface area contributed by atoms with Gasteiger partial charge in [0.15, 0.2) is 0 Å². The first kappa shape index (κ1) is 13.1. The highest BCUT2D eigenvalue weighted by Gasteiger charge is 2.45. The van der Waals surface area contributed by atoms with E-state index in [0.29, 0.717) is 12.5 Å². The normalized spacial score (nSPS) is 22.7. The Balaban J connectivity index is 1.93. The van der Waals surface area contributed by atoms with Crippen LogP contribution < -0.4 is 0 Å². The molecule has 2 unspecified atom stereocenters.